The largest absolute Gasteiger partial charge is 0.297 e. The number of nitriles is 1. The standard InChI is InChI=1S/C28H21N5S/c29-17-24-9-4-5-11-26(24)23-14-12-22(13-15-23)20-34-28-32-31-27(25-10-6-16-30-18-25)33(28)19-21-7-2-1-3-8-21/h1-16,18H,19-20H2. The van der Waals surface area contributed by atoms with Crippen molar-refractivity contribution in [3.63, 3.8) is 0 Å². The first-order chi connectivity index (χ1) is 16.8. The molecule has 2 aromatic heterocycles. The van der Waals surface area contributed by atoms with Gasteiger partial charge in [0, 0.05) is 23.7 Å². The number of aromatic nitrogens is 4. The van der Waals surface area contributed by atoms with Crippen molar-refractivity contribution in [2.75, 3.05) is 0 Å². The Morgan fingerprint density at radius 2 is 1.56 bits per heavy atom. The number of rotatable bonds is 7. The number of thioether (sulfide) groups is 1. The highest BCUT2D eigenvalue weighted by molar-refractivity contribution is 7.98. The first kappa shape index (κ1) is 21.6. The Balaban J connectivity index is 1.38. The molecule has 5 nitrogen and oxygen atoms in total. The Labute approximate surface area is 202 Å². The summed E-state index contributed by atoms with van der Waals surface area (Å²) in [5.41, 5.74) is 5.99. The Hall–Kier alpha value is -4.21. The van der Waals surface area contributed by atoms with E-state index in [1.54, 1.807) is 18.0 Å². The van der Waals surface area contributed by atoms with Crippen molar-refractivity contribution in [1.82, 2.24) is 19.7 Å². The highest BCUT2D eigenvalue weighted by Gasteiger charge is 2.15. The van der Waals surface area contributed by atoms with Crippen molar-refractivity contribution in [2.24, 2.45) is 0 Å². The van der Waals surface area contributed by atoms with E-state index in [9.17, 15) is 5.26 Å². The fraction of sp³-hybridized carbons (Fsp3) is 0.0714. The molecule has 3 aromatic carbocycles. The molecule has 0 bridgehead atoms. The number of nitrogens with zero attached hydrogens (tertiary/aromatic N) is 5. The molecule has 6 heteroatoms. The van der Waals surface area contributed by atoms with Crippen molar-refractivity contribution in [2.45, 2.75) is 17.5 Å². The summed E-state index contributed by atoms with van der Waals surface area (Å²) in [6.07, 6.45) is 3.58. The molecule has 0 fully saturated rings. The van der Waals surface area contributed by atoms with E-state index >= 15 is 0 Å². The zero-order valence-corrected chi connectivity index (χ0v) is 19.2. The van der Waals surface area contributed by atoms with Crippen LogP contribution in [0.2, 0.25) is 0 Å². The molecule has 5 aromatic rings. The van der Waals surface area contributed by atoms with Gasteiger partial charge in [0.15, 0.2) is 11.0 Å². The lowest BCUT2D eigenvalue weighted by atomic mass is 10.00. The van der Waals surface area contributed by atoms with Crippen LogP contribution in [0.3, 0.4) is 0 Å². The highest BCUT2D eigenvalue weighted by atomic mass is 32.2. The van der Waals surface area contributed by atoms with Crippen LogP contribution >= 0.6 is 11.8 Å². The average Bonchev–Trinajstić information content (AvgIpc) is 3.31. The average molecular weight is 460 g/mol. The summed E-state index contributed by atoms with van der Waals surface area (Å²) in [5, 5.41) is 19.2. The van der Waals surface area contributed by atoms with Crippen molar-refractivity contribution in [3.05, 3.63) is 120 Å². The Morgan fingerprint density at radius 1 is 0.765 bits per heavy atom. The lowest BCUT2D eigenvalue weighted by molar-refractivity contribution is 0.714. The van der Waals surface area contributed by atoms with Gasteiger partial charge in [-0.25, -0.2) is 0 Å². The van der Waals surface area contributed by atoms with Gasteiger partial charge < -0.3 is 0 Å². The number of hydrogen-bond acceptors (Lipinski definition) is 5. The normalized spacial score (nSPS) is 10.7. The van der Waals surface area contributed by atoms with Gasteiger partial charge in [0.05, 0.1) is 18.2 Å². The summed E-state index contributed by atoms with van der Waals surface area (Å²) in [4.78, 5) is 4.25. The maximum absolute atomic E-state index is 9.39. The third-order valence-corrected chi connectivity index (χ3v) is 6.54. The Kier molecular flexibility index (Phi) is 6.46. The van der Waals surface area contributed by atoms with E-state index in [0.717, 1.165) is 33.4 Å². The zero-order valence-electron chi connectivity index (χ0n) is 18.4. The van der Waals surface area contributed by atoms with E-state index in [2.05, 4.69) is 62.2 Å². The van der Waals surface area contributed by atoms with Gasteiger partial charge in [0.2, 0.25) is 0 Å². The van der Waals surface area contributed by atoms with E-state index in [1.807, 2.05) is 60.8 Å². The second-order valence-corrected chi connectivity index (χ2v) is 8.71. The summed E-state index contributed by atoms with van der Waals surface area (Å²) in [6.45, 7) is 0.685. The second kappa shape index (κ2) is 10.2. The molecule has 0 aliphatic rings. The maximum Gasteiger partial charge on any atom is 0.192 e. The van der Waals surface area contributed by atoms with Crippen LogP contribution in [0.1, 0.15) is 16.7 Å². The van der Waals surface area contributed by atoms with Crippen LogP contribution in [0.15, 0.2) is 109 Å². The van der Waals surface area contributed by atoms with Crippen molar-refractivity contribution in [1.29, 1.82) is 5.26 Å². The predicted octanol–water partition coefficient (Wildman–Crippen LogP) is 6.22. The van der Waals surface area contributed by atoms with Crippen molar-refractivity contribution < 1.29 is 0 Å². The molecular formula is C28H21N5S. The van der Waals surface area contributed by atoms with Crippen LogP contribution in [0.4, 0.5) is 0 Å². The predicted molar refractivity (Wildman–Crippen MR) is 135 cm³/mol. The molecule has 0 radical (unpaired) electrons. The third kappa shape index (κ3) is 4.75. The van der Waals surface area contributed by atoms with Gasteiger partial charge in [0.1, 0.15) is 0 Å². The Morgan fingerprint density at radius 3 is 2.32 bits per heavy atom. The lowest BCUT2D eigenvalue weighted by Gasteiger charge is -2.11. The van der Waals surface area contributed by atoms with E-state index in [-0.39, 0.29) is 0 Å². The smallest absolute Gasteiger partial charge is 0.192 e. The first-order valence-electron chi connectivity index (χ1n) is 10.9. The SMILES string of the molecule is N#Cc1ccccc1-c1ccc(CSc2nnc(-c3cccnc3)n2Cc2ccccc2)cc1. The van der Waals surface area contributed by atoms with Crippen molar-refractivity contribution in [3.8, 4) is 28.6 Å². The fourth-order valence-electron chi connectivity index (χ4n) is 3.77. The van der Waals surface area contributed by atoms with Crippen LogP contribution in [-0.2, 0) is 12.3 Å². The van der Waals surface area contributed by atoms with Gasteiger partial charge in [-0.05, 0) is 40.5 Å². The van der Waals surface area contributed by atoms with Gasteiger partial charge in [-0.15, -0.1) is 10.2 Å². The lowest BCUT2D eigenvalue weighted by Crippen LogP contribution is -2.04. The number of hydrogen-bond donors (Lipinski definition) is 0. The summed E-state index contributed by atoms with van der Waals surface area (Å²) in [6, 6.07) is 32.5. The zero-order chi connectivity index (χ0) is 23.2. The quantitative estimate of drug-likeness (QED) is 0.270. The minimum Gasteiger partial charge on any atom is -0.297 e. The molecule has 0 amide bonds. The summed E-state index contributed by atoms with van der Waals surface area (Å²) >= 11 is 1.66. The van der Waals surface area contributed by atoms with E-state index in [0.29, 0.717) is 12.1 Å². The topological polar surface area (TPSA) is 67.4 Å². The monoisotopic (exact) mass is 459 g/mol. The molecule has 5 rings (SSSR count). The van der Waals surface area contributed by atoms with Gasteiger partial charge in [-0.3, -0.25) is 9.55 Å². The van der Waals surface area contributed by atoms with E-state index in [4.69, 9.17) is 0 Å². The molecule has 0 saturated carbocycles. The number of benzene rings is 3. The molecule has 0 aliphatic heterocycles. The molecule has 0 aliphatic carbocycles. The molecule has 0 atom stereocenters. The first-order valence-corrected chi connectivity index (χ1v) is 11.9. The molecule has 2 heterocycles. The molecule has 34 heavy (non-hydrogen) atoms. The molecule has 0 spiro atoms. The van der Waals surface area contributed by atoms with Gasteiger partial charge in [-0.1, -0.05) is 84.6 Å². The number of pyridine rings is 1. The van der Waals surface area contributed by atoms with Crippen LogP contribution in [0.25, 0.3) is 22.5 Å². The Bertz CT molecular complexity index is 1420. The van der Waals surface area contributed by atoms with Crippen molar-refractivity contribution >= 4 is 11.8 Å². The maximum atomic E-state index is 9.39. The molecule has 0 N–H and O–H groups in total. The minimum absolute atomic E-state index is 0.682. The summed E-state index contributed by atoms with van der Waals surface area (Å²) in [7, 11) is 0. The summed E-state index contributed by atoms with van der Waals surface area (Å²) < 4.78 is 2.15. The van der Waals surface area contributed by atoms with Gasteiger partial charge in [0.25, 0.3) is 0 Å². The van der Waals surface area contributed by atoms with E-state index in [1.165, 1.54) is 11.1 Å². The second-order valence-electron chi connectivity index (χ2n) is 7.76. The minimum atomic E-state index is 0.682. The molecule has 0 unspecified atom stereocenters. The molecule has 164 valence electrons. The molecule has 0 saturated heterocycles. The van der Waals surface area contributed by atoms with Gasteiger partial charge >= 0.3 is 0 Å². The van der Waals surface area contributed by atoms with Crippen LogP contribution < -0.4 is 0 Å². The highest BCUT2D eigenvalue weighted by Crippen LogP contribution is 2.29. The van der Waals surface area contributed by atoms with E-state index < -0.39 is 0 Å². The fourth-order valence-corrected chi connectivity index (χ4v) is 4.67. The van der Waals surface area contributed by atoms with Crippen LogP contribution in [0, 0.1) is 11.3 Å². The van der Waals surface area contributed by atoms with Crippen LogP contribution in [-0.4, -0.2) is 19.7 Å². The third-order valence-electron chi connectivity index (χ3n) is 5.50. The van der Waals surface area contributed by atoms with Crippen LogP contribution in [0.5, 0.6) is 0 Å². The van der Waals surface area contributed by atoms with Gasteiger partial charge in [-0.2, -0.15) is 5.26 Å². The summed E-state index contributed by atoms with van der Waals surface area (Å²) in [5.74, 6) is 1.57. The molecular weight excluding hydrogens is 438 g/mol.